The maximum absolute atomic E-state index is 12.5. The van der Waals surface area contributed by atoms with Crippen molar-refractivity contribution in [3.05, 3.63) is 52.8 Å². The van der Waals surface area contributed by atoms with Crippen molar-refractivity contribution >= 4 is 28.9 Å². The molecular formula is C15H10ClF6N3O. The molecule has 0 bridgehead atoms. The number of halogens is 7. The van der Waals surface area contributed by atoms with Crippen LogP contribution in [0.25, 0.3) is 0 Å². The normalized spacial score (nSPS) is 12.0. The maximum atomic E-state index is 12.5. The molecule has 0 fully saturated rings. The van der Waals surface area contributed by atoms with Gasteiger partial charge in [0.05, 0.1) is 16.8 Å². The highest BCUT2D eigenvalue weighted by molar-refractivity contribution is 6.29. The molecule has 0 spiro atoms. The number of nitrogens with one attached hydrogen (secondary N) is 2. The van der Waals surface area contributed by atoms with Gasteiger partial charge in [0.15, 0.2) is 0 Å². The Kier molecular flexibility index (Phi) is 5.65. The molecule has 1 heterocycles. The molecule has 2 rings (SSSR count). The van der Waals surface area contributed by atoms with Gasteiger partial charge in [-0.1, -0.05) is 11.6 Å². The van der Waals surface area contributed by atoms with Crippen molar-refractivity contribution in [2.75, 3.05) is 17.2 Å². The Morgan fingerprint density at radius 2 is 1.69 bits per heavy atom. The molecule has 1 aromatic carbocycles. The average Bonchev–Trinajstić information content (AvgIpc) is 2.52. The zero-order valence-corrected chi connectivity index (χ0v) is 13.4. The molecule has 140 valence electrons. The molecule has 4 nitrogen and oxygen atoms in total. The number of aromatic nitrogens is 1. The van der Waals surface area contributed by atoms with Gasteiger partial charge in [0.2, 0.25) is 0 Å². The number of amides is 1. The monoisotopic (exact) mass is 397 g/mol. The average molecular weight is 398 g/mol. The predicted octanol–water partition coefficient (Wildman–Crippen LogP) is 4.98. The van der Waals surface area contributed by atoms with E-state index in [4.69, 9.17) is 11.6 Å². The van der Waals surface area contributed by atoms with Crippen molar-refractivity contribution in [1.29, 1.82) is 0 Å². The Hall–Kier alpha value is -2.49. The second kappa shape index (κ2) is 7.40. The largest absolute Gasteiger partial charge is 0.416 e. The molecule has 1 amide bonds. The van der Waals surface area contributed by atoms with Crippen molar-refractivity contribution in [2.45, 2.75) is 12.4 Å². The van der Waals surface area contributed by atoms with E-state index >= 15 is 0 Å². The van der Waals surface area contributed by atoms with Gasteiger partial charge in [-0.15, -0.1) is 0 Å². The lowest BCUT2D eigenvalue weighted by atomic mass is 10.2. The third-order valence-corrected chi connectivity index (χ3v) is 3.27. The number of carbonyl (C=O) groups excluding carboxylic acids is 1. The molecule has 2 N–H and O–H groups in total. The molecule has 0 aliphatic carbocycles. The number of pyridine rings is 1. The highest BCUT2D eigenvalue weighted by atomic mass is 35.5. The lowest BCUT2D eigenvalue weighted by molar-refractivity contribution is -0.137. The minimum Gasteiger partial charge on any atom is -0.376 e. The Morgan fingerprint density at radius 3 is 2.23 bits per heavy atom. The van der Waals surface area contributed by atoms with Crippen LogP contribution in [0.4, 0.5) is 37.7 Å². The number of nitrogens with zero attached hydrogens (tertiary/aromatic N) is 1. The molecule has 0 aliphatic heterocycles. The van der Waals surface area contributed by atoms with Crippen LogP contribution in [0.5, 0.6) is 0 Å². The molecule has 0 saturated heterocycles. The lowest BCUT2D eigenvalue weighted by Crippen LogP contribution is -2.23. The standard InChI is InChI=1S/C15H10ClF6N3O/c16-12-5-11(24-7-14(17,18)19)10(6-23-12)13(26)25-9-3-1-8(2-4-9)15(20,21)22/h1-6H,7H2,(H,23,24)(H,25,26). The van der Waals surface area contributed by atoms with Gasteiger partial charge in [0.1, 0.15) is 11.7 Å². The Balaban J connectivity index is 2.18. The Morgan fingerprint density at radius 1 is 1.08 bits per heavy atom. The zero-order chi connectivity index (χ0) is 19.5. The number of carbonyl (C=O) groups is 1. The summed E-state index contributed by atoms with van der Waals surface area (Å²) in [6, 6.07) is 4.60. The van der Waals surface area contributed by atoms with Crippen LogP contribution in [0, 0.1) is 0 Å². The summed E-state index contributed by atoms with van der Waals surface area (Å²) in [7, 11) is 0. The van der Waals surface area contributed by atoms with Crippen LogP contribution >= 0.6 is 11.6 Å². The molecule has 0 radical (unpaired) electrons. The van der Waals surface area contributed by atoms with Crippen LogP contribution in [-0.2, 0) is 6.18 Å². The fourth-order valence-electron chi connectivity index (χ4n) is 1.89. The van der Waals surface area contributed by atoms with Gasteiger partial charge in [0, 0.05) is 11.9 Å². The predicted molar refractivity (Wildman–Crippen MR) is 83.2 cm³/mol. The number of benzene rings is 1. The summed E-state index contributed by atoms with van der Waals surface area (Å²) in [5.41, 5.74) is -1.35. The maximum Gasteiger partial charge on any atom is 0.416 e. The summed E-state index contributed by atoms with van der Waals surface area (Å²) in [5, 5.41) is 4.18. The second-order valence-corrected chi connectivity index (χ2v) is 5.44. The molecule has 0 aliphatic rings. The molecule has 11 heteroatoms. The van der Waals surface area contributed by atoms with Gasteiger partial charge < -0.3 is 10.6 Å². The van der Waals surface area contributed by atoms with Gasteiger partial charge in [-0.25, -0.2) is 4.98 Å². The third kappa shape index (κ3) is 5.51. The highest BCUT2D eigenvalue weighted by Gasteiger charge is 2.30. The fraction of sp³-hybridized carbons (Fsp3) is 0.200. The zero-order valence-electron chi connectivity index (χ0n) is 12.7. The highest BCUT2D eigenvalue weighted by Crippen LogP contribution is 2.30. The van der Waals surface area contributed by atoms with Crippen LogP contribution in [-0.4, -0.2) is 23.6 Å². The number of rotatable bonds is 4. The quantitative estimate of drug-likeness (QED) is 0.565. The molecule has 1 aromatic heterocycles. The third-order valence-electron chi connectivity index (χ3n) is 3.06. The van der Waals surface area contributed by atoms with E-state index in [1.54, 1.807) is 0 Å². The van der Waals surface area contributed by atoms with Crippen molar-refractivity contribution in [3.8, 4) is 0 Å². The minimum atomic E-state index is -4.53. The molecule has 26 heavy (non-hydrogen) atoms. The molecule has 0 atom stereocenters. The Bertz CT molecular complexity index is 789. The van der Waals surface area contributed by atoms with Crippen molar-refractivity contribution in [3.63, 3.8) is 0 Å². The first-order valence-electron chi connectivity index (χ1n) is 6.90. The Labute approximate surface area is 148 Å². The van der Waals surface area contributed by atoms with Crippen LogP contribution < -0.4 is 10.6 Å². The van der Waals surface area contributed by atoms with Gasteiger partial charge in [-0.3, -0.25) is 4.79 Å². The molecule has 2 aromatic rings. The van der Waals surface area contributed by atoms with Gasteiger partial charge >= 0.3 is 12.4 Å². The van der Waals surface area contributed by atoms with Crippen LogP contribution in [0.1, 0.15) is 15.9 Å². The summed E-state index contributed by atoms with van der Waals surface area (Å²) in [5.74, 6) is -0.862. The topological polar surface area (TPSA) is 54.0 Å². The molecule has 0 unspecified atom stereocenters. The number of anilines is 2. The van der Waals surface area contributed by atoms with Crippen LogP contribution in [0.15, 0.2) is 36.5 Å². The van der Waals surface area contributed by atoms with Crippen molar-refractivity contribution < 1.29 is 31.1 Å². The first-order chi connectivity index (χ1) is 12.0. The lowest BCUT2D eigenvalue weighted by Gasteiger charge is -2.14. The van der Waals surface area contributed by atoms with E-state index in [0.717, 1.165) is 36.5 Å². The second-order valence-electron chi connectivity index (χ2n) is 5.05. The summed E-state index contributed by atoms with van der Waals surface area (Å²) >= 11 is 5.62. The van der Waals surface area contributed by atoms with Crippen molar-refractivity contribution in [2.24, 2.45) is 0 Å². The number of alkyl halides is 6. The van der Waals surface area contributed by atoms with Gasteiger partial charge in [-0.2, -0.15) is 26.3 Å². The molecular weight excluding hydrogens is 388 g/mol. The summed E-state index contributed by atoms with van der Waals surface area (Å²) < 4.78 is 74.6. The SMILES string of the molecule is O=C(Nc1ccc(C(F)(F)F)cc1)c1cnc(Cl)cc1NCC(F)(F)F. The van der Waals surface area contributed by atoms with E-state index in [1.165, 1.54) is 0 Å². The van der Waals surface area contributed by atoms with E-state index < -0.39 is 30.4 Å². The number of hydrogen-bond acceptors (Lipinski definition) is 3. The van der Waals surface area contributed by atoms with E-state index in [0.29, 0.717) is 0 Å². The first-order valence-corrected chi connectivity index (χ1v) is 7.28. The summed E-state index contributed by atoms with van der Waals surface area (Å²) in [6.07, 6.45) is -8.10. The van der Waals surface area contributed by atoms with Crippen LogP contribution in [0.3, 0.4) is 0 Å². The first kappa shape index (κ1) is 19.8. The minimum absolute atomic E-state index is 0.0275. The summed E-state index contributed by atoms with van der Waals surface area (Å²) in [4.78, 5) is 15.8. The van der Waals surface area contributed by atoms with E-state index in [-0.39, 0.29) is 22.1 Å². The van der Waals surface area contributed by atoms with Crippen molar-refractivity contribution in [1.82, 2.24) is 4.98 Å². The van der Waals surface area contributed by atoms with E-state index in [1.807, 2.05) is 5.32 Å². The van der Waals surface area contributed by atoms with E-state index in [2.05, 4.69) is 10.3 Å². The van der Waals surface area contributed by atoms with E-state index in [9.17, 15) is 31.1 Å². The van der Waals surface area contributed by atoms with Gasteiger partial charge in [0.25, 0.3) is 5.91 Å². The van der Waals surface area contributed by atoms with Crippen LogP contribution in [0.2, 0.25) is 5.15 Å². The van der Waals surface area contributed by atoms with Gasteiger partial charge in [-0.05, 0) is 30.3 Å². The summed E-state index contributed by atoms with van der Waals surface area (Å²) in [6.45, 7) is -1.41. The smallest absolute Gasteiger partial charge is 0.376 e. The fourth-order valence-corrected chi connectivity index (χ4v) is 2.05. The molecule has 0 saturated carbocycles. The number of hydrogen-bond donors (Lipinski definition) is 2.